The summed E-state index contributed by atoms with van der Waals surface area (Å²) in [7, 11) is -4.13. The Kier molecular flexibility index (Phi) is 8.31. The van der Waals surface area contributed by atoms with Crippen LogP contribution in [0.5, 0.6) is 0 Å². The molecule has 0 saturated heterocycles. The molecule has 0 aromatic heterocycles. The zero-order chi connectivity index (χ0) is 20.0. The summed E-state index contributed by atoms with van der Waals surface area (Å²) in [6, 6.07) is 11.0. The third-order valence-electron chi connectivity index (χ3n) is 3.76. The molecule has 0 fully saturated rings. The Morgan fingerprint density at radius 1 is 0.885 bits per heavy atom. The molecule has 1 rings (SSSR count). The first-order chi connectivity index (χ1) is 11.8. The SMILES string of the molecule is CC(C)O[Si](C)(C)CC(O)(C#Cc1ccccc1)C[Si](C)(C)OC(C)C. The Labute approximate surface area is 162 Å². The van der Waals surface area contributed by atoms with Gasteiger partial charge in [-0.15, -0.1) is 0 Å². The summed E-state index contributed by atoms with van der Waals surface area (Å²) in [6.45, 7) is 16.8. The van der Waals surface area contributed by atoms with E-state index in [1.54, 1.807) is 0 Å². The van der Waals surface area contributed by atoms with Gasteiger partial charge in [-0.2, -0.15) is 0 Å². The van der Waals surface area contributed by atoms with Crippen molar-refractivity contribution in [1.29, 1.82) is 0 Å². The Morgan fingerprint density at radius 3 is 1.69 bits per heavy atom. The maximum Gasteiger partial charge on any atom is 0.190 e. The van der Waals surface area contributed by atoms with Gasteiger partial charge in [0.1, 0.15) is 5.60 Å². The van der Waals surface area contributed by atoms with Crippen molar-refractivity contribution in [3.8, 4) is 11.8 Å². The minimum absolute atomic E-state index is 0.153. The summed E-state index contributed by atoms with van der Waals surface area (Å²) in [4.78, 5) is 0. The molecule has 1 aromatic carbocycles. The Bertz CT molecular complexity index is 589. The van der Waals surface area contributed by atoms with Crippen LogP contribution >= 0.6 is 0 Å². The topological polar surface area (TPSA) is 38.7 Å². The summed E-state index contributed by atoms with van der Waals surface area (Å²) in [5.74, 6) is 6.36. The second kappa shape index (κ2) is 9.34. The van der Waals surface area contributed by atoms with Gasteiger partial charge in [0, 0.05) is 29.9 Å². The first-order valence-electron chi connectivity index (χ1n) is 9.49. The molecule has 5 heteroatoms. The predicted octanol–water partition coefficient (Wildman–Crippen LogP) is 5.03. The molecule has 1 aromatic rings. The van der Waals surface area contributed by atoms with Crippen LogP contribution in [-0.4, -0.2) is 39.6 Å². The largest absolute Gasteiger partial charge is 0.415 e. The van der Waals surface area contributed by atoms with Crippen LogP contribution in [-0.2, 0) is 8.85 Å². The third-order valence-corrected chi connectivity index (χ3v) is 8.85. The van der Waals surface area contributed by atoms with Crippen molar-refractivity contribution in [1.82, 2.24) is 0 Å². The smallest absolute Gasteiger partial charge is 0.190 e. The summed E-state index contributed by atoms with van der Waals surface area (Å²) in [5.41, 5.74) is -0.176. The molecule has 0 heterocycles. The fraction of sp³-hybridized carbons (Fsp3) is 0.619. The van der Waals surface area contributed by atoms with Crippen LogP contribution in [0, 0.1) is 11.8 Å². The number of aliphatic hydroxyl groups is 1. The van der Waals surface area contributed by atoms with Crippen molar-refractivity contribution in [2.24, 2.45) is 0 Å². The van der Waals surface area contributed by atoms with Gasteiger partial charge in [-0.25, -0.2) is 0 Å². The second-order valence-corrected chi connectivity index (χ2v) is 17.1. The van der Waals surface area contributed by atoms with Gasteiger partial charge in [0.2, 0.25) is 0 Å². The normalized spacial score (nSPS) is 13.0. The number of hydrogen-bond acceptors (Lipinski definition) is 3. The highest BCUT2D eigenvalue weighted by atomic mass is 28.4. The number of benzene rings is 1. The fourth-order valence-corrected chi connectivity index (χ4v) is 9.84. The maximum absolute atomic E-state index is 11.5. The molecule has 146 valence electrons. The fourth-order valence-electron chi connectivity index (χ4n) is 3.63. The summed E-state index contributed by atoms with van der Waals surface area (Å²) in [5, 5.41) is 11.5. The minimum Gasteiger partial charge on any atom is -0.415 e. The average Bonchev–Trinajstić information content (AvgIpc) is 2.41. The first kappa shape index (κ1) is 23.1. The van der Waals surface area contributed by atoms with Gasteiger partial charge in [0.05, 0.1) is 0 Å². The molecular formula is C21H36O3Si2. The minimum atomic E-state index is -2.07. The van der Waals surface area contributed by atoms with E-state index in [0.717, 1.165) is 5.56 Å². The van der Waals surface area contributed by atoms with Crippen molar-refractivity contribution in [2.45, 2.75) is 83.8 Å². The standard InChI is InChI=1S/C21H36O3Si2/c1-18(2)23-25(5,6)16-21(22,17-26(7,8)24-19(3)4)15-14-20-12-10-9-11-13-20/h9-13,18-19,22H,16-17H2,1-8H3. The lowest BCUT2D eigenvalue weighted by atomic mass is 10.1. The predicted molar refractivity (Wildman–Crippen MR) is 115 cm³/mol. The van der Waals surface area contributed by atoms with Crippen molar-refractivity contribution >= 4 is 16.6 Å². The molecule has 0 aliphatic heterocycles. The molecule has 0 bridgehead atoms. The molecule has 0 atom stereocenters. The van der Waals surface area contributed by atoms with Crippen molar-refractivity contribution in [3.63, 3.8) is 0 Å². The van der Waals surface area contributed by atoms with E-state index >= 15 is 0 Å². The zero-order valence-corrected chi connectivity index (χ0v) is 19.7. The molecule has 26 heavy (non-hydrogen) atoms. The van der Waals surface area contributed by atoms with Gasteiger partial charge in [-0.05, 0) is 66.0 Å². The second-order valence-electron chi connectivity index (χ2n) is 8.85. The summed E-state index contributed by atoms with van der Waals surface area (Å²) in [6.07, 6.45) is 0.306. The van der Waals surface area contributed by atoms with Crippen LogP contribution in [0.3, 0.4) is 0 Å². The molecule has 0 unspecified atom stereocenters. The molecule has 0 spiro atoms. The lowest BCUT2D eigenvalue weighted by molar-refractivity contribution is 0.119. The van der Waals surface area contributed by atoms with Gasteiger partial charge < -0.3 is 14.0 Å². The highest BCUT2D eigenvalue weighted by Gasteiger charge is 2.42. The highest BCUT2D eigenvalue weighted by molar-refractivity contribution is 6.73. The average molecular weight is 393 g/mol. The van der Waals surface area contributed by atoms with E-state index in [1.807, 2.05) is 58.0 Å². The molecule has 0 radical (unpaired) electrons. The van der Waals surface area contributed by atoms with Crippen molar-refractivity contribution in [3.05, 3.63) is 35.9 Å². The van der Waals surface area contributed by atoms with Gasteiger partial charge in [0.25, 0.3) is 0 Å². The van der Waals surface area contributed by atoms with E-state index in [2.05, 4.69) is 38.0 Å². The molecule has 0 aliphatic carbocycles. The van der Waals surface area contributed by atoms with Crippen LogP contribution in [0.15, 0.2) is 30.3 Å². The monoisotopic (exact) mass is 392 g/mol. The van der Waals surface area contributed by atoms with Gasteiger partial charge in [0.15, 0.2) is 16.6 Å². The molecule has 0 amide bonds. The zero-order valence-electron chi connectivity index (χ0n) is 17.7. The lowest BCUT2D eigenvalue weighted by Gasteiger charge is -2.37. The Hall–Kier alpha value is -0.906. The van der Waals surface area contributed by atoms with E-state index in [0.29, 0.717) is 12.1 Å². The Morgan fingerprint density at radius 2 is 1.31 bits per heavy atom. The number of hydrogen-bond donors (Lipinski definition) is 1. The van der Waals surface area contributed by atoms with Gasteiger partial charge in [-0.1, -0.05) is 30.0 Å². The third kappa shape index (κ3) is 9.15. The van der Waals surface area contributed by atoms with E-state index in [4.69, 9.17) is 8.85 Å². The van der Waals surface area contributed by atoms with Crippen molar-refractivity contribution in [2.75, 3.05) is 0 Å². The van der Waals surface area contributed by atoms with Crippen LogP contribution in [0.25, 0.3) is 0 Å². The lowest BCUT2D eigenvalue weighted by Crippen LogP contribution is -2.48. The van der Waals surface area contributed by atoms with Crippen LogP contribution in [0.2, 0.25) is 38.3 Å². The van der Waals surface area contributed by atoms with Gasteiger partial charge in [-0.3, -0.25) is 0 Å². The quantitative estimate of drug-likeness (QED) is 0.498. The van der Waals surface area contributed by atoms with E-state index < -0.39 is 22.2 Å². The number of rotatable bonds is 8. The van der Waals surface area contributed by atoms with E-state index in [-0.39, 0.29) is 12.2 Å². The molecule has 0 aliphatic rings. The first-order valence-corrected chi connectivity index (χ1v) is 15.7. The van der Waals surface area contributed by atoms with E-state index in [9.17, 15) is 5.11 Å². The molecule has 1 N–H and O–H groups in total. The van der Waals surface area contributed by atoms with Gasteiger partial charge >= 0.3 is 0 Å². The van der Waals surface area contributed by atoms with Crippen LogP contribution in [0.4, 0.5) is 0 Å². The molecular weight excluding hydrogens is 356 g/mol. The molecule has 0 saturated carbocycles. The van der Waals surface area contributed by atoms with Crippen LogP contribution in [0.1, 0.15) is 33.3 Å². The van der Waals surface area contributed by atoms with Crippen LogP contribution < -0.4 is 0 Å². The molecule has 3 nitrogen and oxygen atoms in total. The highest BCUT2D eigenvalue weighted by Crippen LogP contribution is 2.31. The Balaban J connectivity index is 3.13. The van der Waals surface area contributed by atoms with Crippen molar-refractivity contribution < 1.29 is 14.0 Å². The summed E-state index contributed by atoms with van der Waals surface area (Å²) < 4.78 is 12.3. The van der Waals surface area contributed by atoms with E-state index in [1.165, 1.54) is 0 Å². The maximum atomic E-state index is 11.5. The summed E-state index contributed by atoms with van der Waals surface area (Å²) >= 11 is 0.